The quantitative estimate of drug-likeness (QED) is 0.203. The van der Waals surface area contributed by atoms with Crippen LogP contribution in [-0.4, -0.2) is 9.97 Å². The Bertz CT molecular complexity index is 2140. The Balaban J connectivity index is 1.50. The normalized spacial score (nSPS) is 18.4. The summed E-state index contributed by atoms with van der Waals surface area (Å²) in [4.78, 5) is 10.3. The maximum absolute atomic E-state index is 6.58. The number of fused-ring (bicyclic) bond motifs is 6. The van der Waals surface area contributed by atoms with Crippen LogP contribution in [-0.2, 0) is 5.41 Å². The Morgan fingerprint density at radius 1 is 0.795 bits per heavy atom. The average Bonchev–Trinajstić information content (AvgIpc) is 3.18. The molecule has 4 aromatic carbocycles. The van der Waals surface area contributed by atoms with Gasteiger partial charge in [0.2, 0.25) is 0 Å². The summed E-state index contributed by atoms with van der Waals surface area (Å²) >= 11 is 0. The smallest absolute Gasteiger partial charge is 0.160 e. The lowest BCUT2D eigenvalue weighted by molar-refractivity contribution is 0.401. The zero-order valence-electron chi connectivity index (χ0n) is 24.5. The number of benzene rings is 4. The molecule has 0 N–H and O–H groups in total. The Hall–Kier alpha value is -5.54. The summed E-state index contributed by atoms with van der Waals surface area (Å²) in [5, 5.41) is 1.02. The van der Waals surface area contributed by atoms with Gasteiger partial charge in [-0.25, -0.2) is 9.97 Å². The first-order valence-electron chi connectivity index (χ1n) is 15.0. The van der Waals surface area contributed by atoms with Gasteiger partial charge in [0.05, 0.1) is 16.6 Å². The first kappa shape index (κ1) is 26.1. The highest BCUT2D eigenvalue weighted by Gasteiger charge is 2.51. The molecule has 1 spiro atoms. The summed E-state index contributed by atoms with van der Waals surface area (Å²) in [6, 6.07) is 33.7. The van der Waals surface area contributed by atoms with E-state index in [2.05, 4.69) is 117 Å². The van der Waals surface area contributed by atoms with Crippen LogP contribution >= 0.6 is 0 Å². The molecule has 44 heavy (non-hydrogen) atoms. The van der Waals surface area contributed by atoms with Crippen LogP contribution in [0.3, 0.4) is 0 Å². The van der Waals surface area contributed by atoms with Crippen molar-refractivity contribution < 1.29 is 4.74 Å². The predicted octanol–water partition coefficient (Wildman–Crippen LogP) is 9.94. The second-order valence-electron chi connectivity index (χ2n) is 11.3. The van der Waals surface area contributed by atoms with E-state index in [0.717, 1.165) is 56.8 Å². The highest BCUT2D eigenvalue weighted by molar-refractivity contribution is 6.02. The van der Waals surface area contributed by atoms with E-state index >= 15 is 0 Å². The lowest BCUT2D eigenvalue weighted by Gasteiger charge is -2.40. The van der Waals surface area contributed by atoms with E-state index in [0.29, 0.717) is 5.82 Å². The summed E-state index contributed by atoms with van der Waals surface area (Å²) in [5.41, 5.74) is 10.5. The van der Waals surface area contributed by atoms with Crippen LogP contribution < -0.4 is 4.74 Å². The Labute approximate surface area is 257 Å². The van der Waals surface area contributed by atoms with Gasteiger partial charge in [-0.2, -0.15) is 0 Å². The molecule has 210 valence electrons. The number of rotatable bonds is 4. The Morgan fingerprint density at radius 2 is 1.57 bits per heavy atom. The van der Waals surface area contributed by atoms with Crippen LogP contribution in [0.1, 0.15) is 30.0 Å². The van der Waals surface area contributed by atoms with Crippen molar-refractivity contribution in [2.24, 2.45) is 0 Å². The van der Waals surface area contributed by atoms with Gasteiger partial charge in [0.25, 0.3) is 0 Å². The lowest BCUT2D eigenvalue weighted by Crippen LogP contribution is -2.34. The Morgan fingerprint density at radius 3 is 2.45 bits per heavy atom. The summed E-state index contributed by atoms with van der Waals surface area (Å²) in [5.74, 6) is 2.49. The fraction of sp³-hybridized carbons (Fsp3) is 0.0732. The molecule has 5 aromatic rings. The summed E-state index contributed by atoms with van der Waals surface area (Å²) in [6.45, 7) is 6.28. The van der Waals surface area contributed by atoms with E-state index in [1.165, 1.54) is 22.3 Å². The monoisotopic (exact) mass is 566 g/mol. The molecule has 0 amide bonds. The highest BCUT2D eigenvalue weighted by Crippen LogP contribution is 2.61. The molecule has 8 rings (SSSR count). The number of para-hydroxylation sites is 2. The van der Waals surface area contributed by atoms with Crippen molar-refractivity contribution in [3.05, 3.63) is 180 Å². The summed E-state index contributed by atoms with van der Waals surface area (Å²) < 4.78 is 6.58. The van der Waals surface area contributed by atoms with E-state index in [1.54, 1.807) is 0 Å². The van der Waals surface area contributed by atoms with Crippen LogP contribution in [0, 0.1) is 0 Å². The SMILES string of the molecule is C=C/C=C\C1=C(C)C2(C3=C(C=CCC=C3)Oc3ccccc32)c2cccc(-c3nc(-c4ccccc4)nc4ccccc34)c21. The van der Waals surface area contributed by atoms with Crippen molar-refractivity contribution in [3.63, 3.8) is 0 Å². The van der Waals surface area contributed by atoms with E-state index < -0.39 is 5.41 Å². The van der Waals surface area contributed by atoms with Crippen LogP contribution in [0.25, 0.3) is 39.1 Å². The number of aromatic nitrogens is 2. The predicted molar refractivity (Wildman–Crippen MR) is 180 cm³/mol. The van der Waals surface area contributed by atoms with Gasteiger partial charge in [-0.3, -0.25) is 0 Å². The summed E-state index contributed by atoms with van der Waals surface area (Å²) in [6.07, 6.45) is 15.7. The van der Waals surface area contributed by atoms with Crippen LogP contribution in [0.4, 0.5) is 0 Å². The molecular weight excluding hydrogens is 536 g/mol. The second kappa shape index (κ2) is 10.3. The van der Waals surface area contributed by atoms with Crippen LogP contribution in [0.5, 0.6) is 5.75 Å². The van der Waals surface area contributed by atoms with Crippen molar-refractivity contribution in [1.82, 2.24) is 9.97 Å². The van der Waals surface area contributed by atoms with Crippen molar-refractivity contribution in [2.75, 3.05) is 0 Å². The van der Waals surface area contributed by atoms with Gasteiger partial charge < -0.3 is 4.74 Å². The third-order valence-corrected chi connectivity index (χ3v) is 9.00. The van der Waals surface area contributed by atoms with Crippen molar-refractivity contribution in [3.8, 4) is 28.4 Å². The molecule has 0 fully saturated rings. The molecule has 3 heteroatoms. The largest absolute Gasteiger partial charge is 0.457 e. The van der Waals surface area contributed by atoms with E-state index in [9.17, 15) is 0 Å². The zero-order valence-corrected chi connectivity index (χ0v) is 24.5. The number of hydrogen-bond acceptors (Lipinski definition) is 3. The lowest BCUT2D eigenvalue weighted by atomic mass is 9.65. The molecule has 1 aliphatic heterocycles. The van der Waals surface area contributed by atoms with Gasteiger partial charge in [0.1, 0.15) is 11.5 Å². The van der Waals surface area contributed by atoms with Crippen molar-refractivity contribution >= 4 is 16.5 Å². The minimum atomic E-state index is -0.535. The molecule has 0 bridgehead atoms. The molecule has 0 saturated carbocycles. The van der Waals surface area contributed by atoms with E-state index in [4.69, 9.17) is 14.7 Å². The molecule has 0 saturated heterocycles. The fourth-order valence-corrected chi connectivity index (χ4v) is 7.15. The standard InChI is InChI=1S/C41H30N2O/c1-3-4-18-29-27(2)41(32-21-9-6-10-25-36(32)44-37-26-14-12-22-33(37)41)34-23-15-20-31(38(29)34)39-30-19-11-13-24-35(30)42-40(43-39)28-16-7-5-8-17-28/h3-5,7-26H,1,6H2,2H3/b18-4-. The molecule has 1 atom stereocenters. The maximum Gasteiger partial charge on any atom is 0.160 e. The third-order valence-electron chi connectivity index (χ3n) is 9.00. The summed E-state index contributed by atoms with van der Waals surface area (Å²) in [7, 11) is 0. The first-order valence-corrected chi connectivity index (χ1v) is 15.0. The minimum Gasteiger partial charge on any atom is -0.457 e. The van der Waals surface area contributed by atoms with Gasteiger partial charge in [-0.05, 0) is 53.8 Å². The molecule has 3 nitrogen and oxygen atoms in total. The molecule has 0 radical (unpaired) electrons. The molecule has 3 aliphatic rings. The van der Waals surface area contributed by atoms with Crippen molar-refractivity contribution in [2.45, 2.75) is 18.8 Å². The molecule has 1 aromatic heterocycles. The number of hydrogen-bond donors (Lipinski definition) is 0. The van der Waals surface area contributed by atoms with E-state index in [1.807, 2.05) is 36.4 Å². The van der Waals surface area contributed by atoms with Crippen LogP contribution in [0.2, 0.25) is 0 Å². The van der Waals surface area contributed by atoms with Crippen LogP contribution in [0.15, 0.2) is 163 Å². The molecule has 2 heterocycles. The number of nitrogens with zero attached hydrogens (tertiary/aromatic N) is 2. The van der Waals surface area contributed by atoms with Gasteiger partial charge in [-0.1, -0.05) is 128 Å². The Kier molecular flexibility index (Phi) is 6.13. The first-order chi connectivity index (χ1) is 21.7. The van der Waals surface area contributed by atoms with Gasteiger partial charge in [-0.15, -0.1) is 0 Å². The van der Waals surface area contributed by atoms with Crippen molar-refractivity contribution in [1.29, 1.82) is 0 Å². The molecule has 2 aliphatic carbocycles. The second-order valence-corrected chi connectivity index (χ2v) is 11.3. The third kappa shape index (κ3) is 3.76. The molecule has 1 unspecified atom stereocenters. The van der Waals surface area contributed by atoms with Gasteiger partial charge in [0, 0.05) is 27.6 Å². The zero-order chi connectivity index (χ0) is 29.7. The fourth-order valence-electron chi connectivity index (χ4n) is 7.15. The van der Waals surface area contributed by atoms with E-state index in [-0.39, 0.29) is 0 Å². The highest BCUT2D eigenvalue weighted by atomic mass is 16.5. The van der Waals surface area contributed by atoms with Gasteiger partial charge in [0.15, 0.2) is 5.82 Å². The van der Waals surface area contributed by atoms with Gasteiger partial charge >= 0.3 is 0 Å². The minimum absolute atomic E-state index is 0.535. The molecular formula is C41H30N2O. The average molecular weight is 567 g/mol. The number of ether oxygens (including phenoxy) is 1. The number of allylic oxidation sites excluding steroid dienone is 10. The topological polar surface area (TPSA) is 35.0 Å². The maximum atomic E-state index is 6.58.